The number of sulfonamides is 3. The molecule has 0 bridgehead atoms. The van der Waals surface area contributed by atoms with Crippen LogP contribution in [0.25, 0.3) is 43.1 Å². The van der Waals surface area contributed by atoms with Crippen LogP contribution in [0, 0.1) is 17.8 Å². The van der Waals surface area contributed by atoms with Gasteiger partial charge in [-0.2, -0.15) is 12.9 Å². The highest BCUT2D eigenvalue weighted by molar-refractivity contribution is 9.11. The standard InChI is InChI=1S/C26H29N3O5S.C25H26BrN3O4S.C18H23N3O3S.C9H5BrClNO2S/c1-33-23-16-27-15-20-9-5-11-24(25(20)23)35(31,32)28-14-12-22-21(17-28)10-6-13-29(22)26(30)34-18-19-7-3-2-4-8-19;26-21-15-27-14-19-8-4-10-23(24(19)21)34(31,32)28-13-11-22-20(16-28)9-5-12-29(22)25(30)33-17-18-6-2-1-3-7-18;1-24-16-11-19-10-13-4-2-6-17(18(13)16)25(22,23)21-9-7-15-14(12-21)5-3-8-20-15;10-7-5-12-4-6-2-1-3-8(9(6)7)15(11,13)14/h2-5,7-9,11,15-16,21-22H,6,10,12-14,17-18H2,1H3;1-4,6-8,10,14-15,20,22H,5,9,11-13,16-17H2;2,4,6,10-11,14-15,20H,3,5,7-9,12H2,1H3;1-5H. The third-order valence-corrected chi connectivity index (χ3v) is 29.5. The first-order valence-electron chi connectivity index (χ1n) is 36.0. The number of nitrogens with zero attached hydrogens (tertiary/aromatic N) is 9. The van der Waals surface area contributed by atoms with Crippen LogP contribution < -0.4 is 14.8 Å². The molecular formula is C78H83Br2ClN10O14S4. The number of methoxy groups -OCH3 is 2. The molecular weight excluding hydrogens is 1620 g/mol. The Bertz CT molecular complexity index is 5420. The monoisotopic (exact) mass is 1700 g/mol. The van der Waals surface area contributed by atoms with Crippen LogP contribution in [-0.4, -0.2) is 180 Å². The third-order valence-electron chi connectivity index (χ3n) is 21.2. The highest BCUT2D eigenvalue weighted by Crippen LogP contribution is 2.41. The molecule has 6 saturated heterocycles. The molecule has 109 heavy (non-hydrogen) atoms. The van der Waals surface area contributed by atoms with E-state index in [0.29, 0.717) is 129 Å². The number of carbonyl (C=O) groups excluding carboxylic acids is 2. The van der Waals surface area contributed by atoms with Gasteiger partial charge in [-0.3, -0.25) is 19.9 Å². The van der Waals surface area contributed by atoms with Crippen molar-refractivity contribution in [1.82, 2.24) is 48.0 Å². The molecule has 10 aromatic rings. The molecule has 1 N–H and O–H groups in total. The maximum Gasteiger partial charge on any atom is 0.410 e. The van der Waals surface area contributed by atoms with Crippen molar-refractivity contribution in [3.8, 4) is 11.5 Å². The number of benzene rings is 6. The fourth-order valence-electron chi connectivity index (χ4n) is 15.9. The summed E-state index contributed by atoms with van der Waals surface area (Å²) in [5.74, 6) is 1.47. The number of aromatic nitrogens is 4. The number of nitrogens with one attached hydrogen (secondary N) is 1. The zero-order valence-electron chi connectivity index (χ0n) is 59.9. The summed E-state index contributed by atoms with van der Waals surface area (Å²) in [6, 6.07) is 40.3. The van der Waals surface area contributed by atoms with E-state index in [0.717, 1.165) is 78.8 Å². The lowest BCUT2D eigenvalue weighted by molar-refractivity contribution is 0.0266. The topological polar surface area (TPSA) is 287 Å². The second kappa shape index (κ2) is 34.7. The van der Waals surface area contributed by atoms with Crippen LogP contribution in [0.2, 0.25) is 0 Å². The Balaban J connectivity index is 0.000000133. The molecule has 31 heteroatoms. The fourth-order valence-corrected chi connectivity index (χ4v) is 23.6. The van der Waals surface area contributed by atoms with E-state index in [9.17, 15) is 43.3 Å². The van der Waals surface area contributed by atoms with E-state index in [1.54, 1.807) is 116 Å². The minimum Gasteiger partial charge on any atom is -0.494 e. The second-order valence-corrected chi connectivity index (χ2v) is 37.6. The van der Waals surface area contributed by atoms with Crippen LogP contribution in [0.1, 0.15) is 68.9 Å². The number of ether oxygens (including phenoxy) is 4. The van der Waals surface area contributed by atoms with Gasteiger partial charge in [-0.15, -0.1) is 0 Å². The number of hydrogen-bond donors (Lipinski definition) is 1. The van der Waals surface area contributed by atoms with Gasteiger partial charge in [0.1, 0.15) is 24.7 Å². The molecule has 6 fully saturated rings. The number of piperidine rings is 6. The Kier molecular flexibility index (Phi) is 25.2. The zero-order valence-corrected chi connectivity index (χ0v) is 67.1. The molecule has 6 unspecified atom stereocenters. The molecule has 2 amide bonds. The van der Waals surface area contributed by atoms with Crippen LogP contribution >= 0.6 is 42.5 Å². The minimum absolute atomic E-state index is 0.00748. The average Bonchev–Trinajstić information content (AvgIpc) is 0.763. The lowest BCUT2D eigenvalue weighted by Gasteiger charge is -2.46. The molecule has 6 aromatic carbocycles. The van der Waals surface area contributed by atoms with Crippen molar-refractivity contribution < 1.29 is 62.2 Å². The molecule has 6 aliphatic heterocycles. The molecule has 4 aromatic heterocycles. The van der Waals surface area contributed by atoms with Gasteiger partial charge in [0.25, 0.3) is 9.05 Å². The van der Waals surface area contributed by atoms with Crippen molar-refractivity contribution in [3.05, 3.63) is 203 Å². The Labute approximate surface area is 656 Å². The number of amides is 2. The summed E-state index contributed by atoms with van der Waals surface area (Å²) in [4.78, 5) is 46.7. The predicted octanol–water partition coefficient (Wildman–Crippen LogP) is 13.8. The van der Waals surface area contributed by atoms with Crippen molar-refractivity contribution in [3.63, 3.8) is 0 Å². The molecule has 574 valence electrons. The Morgan fingerprint density at radius 3 is 1.22 bits per heavy atom. The van der Waals surface area contributed by atoms with Crippen molar-refractivity contribution in [2.24, 2.45) is 17.8 Å². The molecule has 24 nitrogen and oxygen atoms in total. The smallest absolute Gasteiger partial charge is 0.410 e. The Hall–Kier alpha value is -8.01. The largest absolute Gasteiger partial charge is 0.494 e. The number of pyridine rings is 4. The summed E-state index contributed by atoms with van der Waals surface area (Å²) in [6.45, 7) is 5.41. The second-order valence-electron chi connectivity index (χ2n) is 27.6. The number of halogens is 3. The lowest BCUT2D eigenvalue weighted by Crippen LogP contribution is -2.56. The first kappa shape index (κ1) is 79.1. The van der Waals surface area contributed by atoms with E-state index in [1.165, 1.54) is 25.6 Å². The van der Waals surface area contributed by atoms with E-state index in [4.69, 9.17) is 29.6 Å². The molecule has 0 aliphatic carbocycles. The summed E-state index contributed by atoms with van der Waals surface area (Å²) < 4.78 is 132. The quantitative estimate of drug-likeness (QED) is 0.105. The van der Waals surface area contributed by atoms with Gasteiger partial charge >= 0.3 is 12.2 Å². The number of likely N-dealkylation sites (tertiary alicyclic amines) is 2. The molecule has 0 spiro atoms. The van der Waals surface area contributed by atoms with Crippen molar-refractivity contribution in [2.75, 3.05) is 73.1 Å². The van der Waals surface area contributed by atoms with Crippen LogP contribution in [0.4, 0.5) is 9.59 Å². The summed E-state index contributed by atoms with van der Waals surface area (Å²) in [7, 11) is -6.39. The van der Waals surface area contributed by atoms with Crippen LogP contribution in [0.3, 0.4) is 0 Å². The highest BCUT2D eigenvalue weighted by Gasteiger charge is 2.45. The zero-order chi connectivity index (χ0) is 76.6. The van der Waals surface area contributed by atoms with Gasteiger partial charge in [0.05, 0.1) is 46.2 Å². The maximum absolute atomic E-state index is 13.8. The van der Waals surface area contributed by atoms with E-state index in [2.05, 4.69) is 57.1 Å². The SMILES string of the molecule is COc1cncc2cccc(S(=O)(=O)N3CCC4C(CCCN4C(=O)OCc4ccccc4)C3)c12.COc1cncc2cccc(S(=O)(=O)N3CCC4NCCCC4C3)c12.O=C(OCc1ccccc1)N1CCCC2CN(S(=O)(=O)c3cccc4cncc(Br)c34)CCC21.O=S(=O)(Cl)c1cccc2cncc(Br)c12. The lowest BCUT2D eigenvalue weighted by atomic mass is 9.85. The van der Waals surface area contributed by atoms with Gasteiger partial charge in [-0.05, 0) is 149 Å². The van der Waals surface area contributed by atoms with Gasteiger partial charge in [-0.1, -0.05) is 109 Å². The number of hydrogen-bond acceptors (Lipinski definition) is 19. The van der Waals surface area contributed by atoms with Crippen molar-refractivity contribution in [2.45, 2.75) is 109 Å². The van der Waals surface area contributed by atoms with Crippen LogP contribution in [-0.2, 0) is 61.8 Å². The summed E-state index contributed by atoms with van der Waals surface area (Å²) >= 11 is 6.73. The Morgan fingerprint density at radius 1 is 0.431 bits per heavy atom. The Morgan fingerprint density at radius 2 is 0.798 bits per heavy atom. The van der Waals surface area contributed by atoms with E-state index in [-0.39, 0.29) is 64.0 Å². The molecule has 6 atom stereocenters. The molecule has 6 aliphatic rings. The van der Waals surface area contributed by atoms with Gasteiger partial charge in [0.15, 0.2) is 0 Å². The molecule has 10 heterocycles. The fraction of sp³-hybridized carbons (Fsp3) is 0.359. The normalized spacial score (nSPS) is 20.7. The first-order valence-corrected chi connectivity index (χ1v) is 44.3. The predicted molar refractivity (Wildman–Crippen MR) is 423 cm³/mol. The van der Waals surface area contributed by atoms with Crippen molar-refractivity contribution >= 4 is 137 Å². The van der Waals surface area contributed by atoms with Crippen LogP contribution in [0.15, 0.2) is 212 Å². The van der Waals surface area contributed by atoms with Gasteiger partial charge in [0, 0.05) is 170 Å². The number of carbonyl (C=O) groups is 2. The average molecular weight is 1710 g/mol. The van der Waals surface area contributed by atoms with Crippen LogP contribution in [0.5, 0.6) is 11.5 Å². The van der Waals surface area contributed by atoms with Gasteiger partial charge < -0.3 is 34.1 Å². The van der Waals surface area contributed by atoms with Crippen molar-refractivity contribution in [1.29, 1.82) is 0 Å². The minimum atomic E-state index is -3.76. The number of rotatable bonds is 13. The first-order chi connectivity index (χ1) is 52.5. The van der Waals surface area contributed by atoms with E-state index < -0.39 is 39.1 Å². The summed E-state index contributed by atoms with van der Waals surface area (Å²) in [5, 5.41) is 8.88. The van der Waals surface area contributed by atoms with E-state index >= 15 is 0 Å². The van der Waals surface area contributed by atoms with Gasteiger partial charge in [-0.25, -0.2) is 43.3 Å². The van der Waals surface area contributed by atoms with Gasteiger partial charge in [0.2, 0.25) is 30.1 Å². The summed E-state index contributed by atoms with van der Waals surface area (Å²) in [6.07, 6.45) is 19.9. The molecule has 16 rings (SSSR count). The third kappa shape index (κ3) is 17.5. The summed E-state index contributed by atoms with van der Waals surface area (Å²) in [5.41, 5.74) is 1.89. The van der Waals surface area contributed by atoms with E-state index in [1.807, 2.05) is 78.9 Å². The number of fused-ring (bicyclic) bond motifs is 7. The maximum atomic E-state index is 13.8. The molecule has 0 radical (unpaired) electrons. The highest BCUT2D eigenvalue weighted by atomic mass is 79.9. The molecule has 0 saturated carbocycles.